The van der Waals surface area contributed by atoms with Crippen LogP contribution in [0.5, 0.6) is 0 Å². The molecule has 0 bridgehead atoms. The maximum Gasteiger partial charge on any atom is 0.377 e. The lowest BCUT2D eigenvalue weighted by molar-refractivity contribution is -0.689. The summed E-state index contributed by atoms with van der Waals surface area (Å²) in [5.74, 6) is -1.56. The monoisotopic (exact) mass is 476 g/mol. The number of hydrogen-bond donors (Lipinski definition) is 6. The Morgan fingerprint density at radius 3 is 2.52 bits per heavy atom. The summed E-state index contributed by atoms with van der Waals surface area (Å²) in [6.45, 7) is 4.04. The van der Waals surface area contributed by atoms with Crippen LogP contribution in [-0.4, -0.2) is 66.9 Å². The average Bonchev–Trinajstić information content (AvgIpc) is 3.18. The number of anilines is 1. The summed E-state index contributed by atoms with van der Waals surface area (Å²) in [6.07, 6.45) is -0.308. The molecule has 2 atom stereocenters. The number of aryl methyl sites for hydroxylation is 1. The summed E-state index contributed by atoms with van der Waals surface area (Å²) in [5, 5.41) is 44.0. The smallest absolute Gasteiger partial charge is 0.377 e. The number of aliphatic hydroxyl groups is 5. The number of aromatic nitrogens is 3. The molecule has 0 amide bonds. The van der Waals surface area contributed by atoms with Crippen molar-refractivity contribution in [2.24, 2.45) is 0 Å². The molecule has 3 rings (SSSR count). The van der Waals surface area contributed by atoms with E-state index in [-0.39, 0.29) is 19.0 Å². The Kier molecular flexibility index (Phi) is 10.1. The number of halogens is 1. The maximum absolute atomic E-state index is 10.5. The minimum Gasteiger partial charge on any atom is -1.00 e. The van der Waals surface area contributed by atoms with Crippen molar-refractivity contribution in [3.63, 3.8) is 0 Å². The van der Waals surface area contributed by atoms with E-state index in [1.165, 1.54) is 4.88 Å². The first-order chi connectivity index (χ1) is 14.2. The topological polar surface area (TPSA) is 183 Å². The van der Waals surface area contributed by atoms with Gasteiger partial charge < -0.3 is 48.4 Å². The quantitative estimate of drug-likeness (QED) is 0.178. The first-order valence-electron chi connectivity index (χ1n) is 8.96. The van der Waals surface area contributed by atoms with Crippen molar-refractivity contribution >= 4 is 23.1 Å². The van der Waals surface area contributed by atoms with Gasteiger partial charge in [0.2, 0.25) is 11.3 Å². The fraction of sp³-hybridized carbons (Fsp3) is 0.444. The van der Waals surface area contributed by atoms with Crippen LogP contribution in [0.4, 0.5) is 5.82 Å². The van der Waals surface area contributed by atoms with Crippen LogP contribution in [0.25, 0.3) is 0 Å². The lowest BCUT2D eigenvalue weighted by Crippen LogP contribution is -3.00. The molecule has 0 saturated heterocycles. The number of aliphatic hydroxyl groups excluding tert-OH is 5. The van der Waals surface area contributed by atoms with Crippen LogP contribution in [-0.2, 0) is 22.5 Å². The molecule has 0 radical (unpaired) electrons. The number of carbonyl (C=O) groups excluding carboxylic acids is 1. The lowest BCUT2D eigenvalue weighted by atomic mass is 10.2. The Labute approximate surface area is 188 Å². The molecular weight excluding hydrogens is 452 g/mol. The number of hydrogen-bond acceptors (Lipinski definition) is 11. The Morgan fingerprint density at radius 2 is 2.00 bits per heavy atom. The van der Waals surface area contributed by atoms with Crippen LogP contribution >= 0.6 is 11.3 Å². The molecular formula is C18H25ClN4O7S. The van der Waals surface area contributed by atoms with Crippen molar-refractivity contribution < 1.29 is 52.0 Å². The number of carbonyl (C=O) groups is 1. The first-order valence-corrected chi connectivity index (χ1v) is 9.84. The Hall–Kier alpha value is -2.51. The molecule has 3 heterocycles. The predicted molar refractivity (Wildman–Crippen MR) is 106 cm³/mol. The molecule has 0 aliphatic carbocycles. The van der Waals surface area contributed by atoms with Crippen LogP contribution in [0.15, 0.2) is 23.2 Å². The Morgan fingerprint density at radius 1 is 1.32 bits per heavy atom. The summed E-state index contributed by atoms with van der Waals surface area (Å²) in [5.41, 5.74) is 10.0. The molecule has 0 unspecified atom stereocenters. The largest absolute Gasteiger partial charge is 1.00 e. The van der Waals surface area contributed by atoms with Crippen LogP contribution in [0.2, 0.25) is 0 Å². The van der Waals surface area contributed by atoms with Gasteiger partial charge in [-0.25, -0.2) is 14.8 Å². The highest BCUT2D eigenvalue weighted by atomic mass is 35.5. The van der Waals surface area contributed by atoms with Gasteiger partial charge in [-0.3, -0.25) is 0 Å². The van der Waals surface area contributed by atoms with Gasteiger partial charge in [0, 0.05) is 26.1 Å². The van der Waals surface area contributed by atoms with E-state index < -0.39 is 36.3 Å². The summed E-state index contributed by atoms with van der Waals surface area (Å²) >= 11 is 1.65. The second kappa shape index (κ2) is 11.8. The molecule has 0 spiro atoms. The number of rotatable bonds is 6. The second-order valence-electron chi connectivity index (χ2n) is 6.47. The third-order valence-corrected chi connectivity index (χ3v) is 5.47. The molecule has 1 aliphatic heterocycles. The van der Waals surface area contributed by atoms with E-state index in [1.54, 1.807) is 17.5 Å². The highest BCUT2D eigenvalue weighted by Crippen LogP contribution is 2.21. The predicted octanol–water partition coefficient (Wildman–Crippen LogP) is -3.80. The minimum absolute atomic E-state index is 0. The molecule has 2 aromatic rings. The molecule has 1 aliphatic rings. The van der Waals surface area contributed by atoms with Crippen molar-refractivity contribution in [2.75, 3.05) is 18.9 Å². The molecule has 31 heavy (non-hydrogen) atoms. The highest BCUT2D eigenvalue weighted by molar-refractivity contribution is 7.09. The van der Waals surface area contributed by atoms with Gasteiger partial charge in [-0.2, -0.15) is 4.57 Å². The normalized spacial score (nSPS) is 16.3. The van der Waals surface area contributed by atoms with Gasteiger partial charge in [0.05, 0.1) is 17.0 Å². The van der Waals surface area contributed by atoms with Gasteiger partial charge in [-0.1, -0.05) is 11.3 Å². The van der Waals surface area contributed by atoms with E-state index in [0.29, 0.717) is 24.6 Å². The zero-order chi connectivity index (χ0) is 22.4. The van der Waals surface area contributed by atoms with E-state index in [9.17, 15) is 4.79 Å². The molecule has 7 N–H and O–H groups in total. The van der Waals surface area contributed by atoms with E-state index >= 15 is 0 Å². The van der Waals surface area contributed by atoms with Crippen molar-refractivity contribution in [1.29, 1.82) is 0 Å². The van der Waals surface area contributed by atoms with Gasteiger partial charge in [0.15, 0.2) is 24.1 Å². The number of thiazole rings is 1. The molecule has 0 aromatic carbocycles. The first kappa shape index (κ1) is 26.5. The molecule has 0 saturated carbocycles. The second-order valence-corrected chi connectivity index (χ2v) is 7.41. The summed E-state index contributed by atoms with van der Waals surface area (Å²) < 4.78 is 6.43. The van der Waals surface area contributed by atoms with Crippen molar-refractivity contribution in [3.8, 4) is 0 Å². The Balaban J connectivity index is 0.000000324. The van der Waals surface area contributed by atoms with Gasteiger partial charge in [0.1, 0.15) is 17.7 Å². The molecule has 172 valence electrons. The number of ether oxygens (including phenoxy) is 1. The molecule has 11 nitrogen and oxygen atoms in total. The highest BCUT2D eigenvalue weighted by Gasteiger charge is 2.38. The summed E-state index contributed by atoms with van der Waals surface area (Å²) in [6, 6.07) is 0. The van der Waals surface area contributed by atoms with Gasteiger partial charge in [-0.05, 0) is 6.92 Å². The lowest BCUT2D eigenvalue weighted by Gasteiger charge is -2.13. The number of nitrogens with two attached hydrogens (primary N) is 1. The maximum atomic E-state index is 10.5. The number of nitrogen functional groups attached to an aromatic ring is 1. The third kappa shape index (κ3) is 6.48. The van der Waals surface area contributed by atoms with Gasteiger partial charge >= 0.3 is 5.97 Å². The fourth-order valence-electron chi connectivity index (χ4n) is 2.59. The molecule has 0 fully saturated rings. The Bertz CT molecular complexity index is 938. The average molecular weight is 477 g/mol. The number of cyclic esters (lactones) is 1. The summed E-state index contributed by atoms with van der Waals surface area (Å²) in [4.78, 5) is 20.1. The SMILES string of the molecule is Cc1ncc(C[n+]2csc(CCO)c2C)c(N)n1.O=C1O[C@H]([C@@H](O)CO)C(O)=C1O.[Cl-]. The zero-order valence-corrected chi connectivity index (χ0v) is 18.5. The minimum atomic E-state index is -1.42. The van der Waals surface area contributed by atoms with Crippen molar-refractivity contribution in [1.82, 2.24) is 9.97 Å². The van der Waals surface area contributed by atoms with E-state index in [4.69, 9.17) is 31.3 Å². The van der Waals surface area contributed by atoms with Crippen molar-refractivity contribution in [2.45, 2.75) is 39.0 Å². The number of nitrogens with zero attached hydrogens (tertiary/aromatic N) is 3. The zero-order valence-electron chi connectivity index (χ0n) is 16.9. The summed E-state index contributed by atoms with van der Waals surface area (Å²) in [7, 11) is 0. The van der Waals surface area contributed by atoms with Crippen LogP contribution in [0, 0.1) is 13.8 Å². The number of esters is 1. The molecule has 13 heteroatoms. The van der Waals surface area contributed by atoms with E-state index in [1.807, 2.05) is 19.4 Å². The van der Waals surface area contributed by atoms with Crippen LogP contribution < -0.4 is 22.7 Å². The standard InChI is InChI=1S/C12H17N4OS.C6H8O6.ClH/c1-8-11(3-4-17)18-7-16(8)6-10-5-14-9(2)15-12(10)13;7-1-2(8)5-3(9)4(10)6(11)12-5;/h5,7,17H,3-4,6H2,1-2H3,(H2,13,14,15);2,5,7-10H,1H2;1H/q+1;;/p-1/t;2-,5+;/m.0./s1. The van der Waals surface area contributed by atoms with Gasteiger partial charge in [-0.15, -0.1) is 0 Å². The van der Waals surface area contributed by atoms with Gasteiger partial charge in [0.25, 0.3) is 0 Å². The molecule has 2 aromatic heterocycles. The van der Waals surface area contributed by atoms with Crippen LogP contribution in [0.3, 0.4) is 0 Å². The van der Waals surface area contributed by atoms with E-state index in [0.717, 1.165) is 11.3 Å². The third-order valence-electron chi connectivity index (χ3n) is 4.33. The van der Waals surface area contributed by atoms with Crippen molar-refractivity contribution in [3.05, 3.63) is 45.2 Å². The fourth-order valence-corrected chi connectivity index (χ4v) is 3.57. The van der Waals surface area contributed by atoms with E-state index in [2.05, 4.69) is 19.3 Å². The van der Waals surface area contributed by atoms with Crippen LogP contribution in [0.1, 0.15) is 22.0 Å².